The second-order valence-electron chi connectivity index (χ2n) is 5.82. The van der Waals surface area contributed by atoms with Crippen molar-refractivity contribution in [3.8, 4) is 0 Å². The summed E-state index contributed by atoms with van der Waals surface area (Å²) in [5, 5.41) is 3.88. The summed E-state index contributed by atoms with van der Waals surface area (Å²) < 4.78 is 0. The number of rotatable bonds is 6. The first-order valence-corrected chi connectivity index (χ1v) is 7.67. The third-order valence-corrected chi connectivity index (χ3v) is 4.09. The highest BCUT2D eigenvalue weighted by Crippen LogP contribution is 2.15. The summed E-state index contributed by atoms with van der Waals surface area (Å²) in [4.78, 5) is 2.63. The molecule has 2 unspecified atom stereocenters. The lowest BCUT2D eigenvalue weighted by atomic mass is 10.0. The molecule has 2 heteroatoms. The molecule has 2 nitrogen and oxygen atoms in total. The zero-order valence-electron chi connectivity index (χ0n) is 12.3. The van der Waals surface area contributed by atoms with Gasteiger partial charge in [0, 0.05) is 18.1 Å². The highest BCUT2D eigenvalue weighted by Gasteiger charge is 2.20. The first-order valence-electron chi connectivity index (χ1n) is 7.67. The van der Waals surface area contributed by atoms with E-state index in [-0.39, 0.29) is 0 Å². The van der Waals surface area contributed by atoms with Crippen molar-refractivity contribution in [2.45, 2.75) is 84.3 Å². The average Bonchev–Trinajstić information content (AvgIpc) is 2.54. The minimum atomic E-state index is 0.714. The fourth-order valence-corrected chi connectivity index (χ4v) is 2.89. The van der Waals surface area contributed by atoms with Gasteiger partial charge >= 0.3 is 0 Å². The van der Waals surface area contributed by atoms with Crippen LogP contribution in [0.4, 0.5) is 0 Å². The summed E-state index contributed by atoms with van der Waals surface area (Å²) in [6.45, 7) is 11.8. The molecule has 0 bridgehead atoms. The van der Waals surface area contributed by atoms with Gasteiger partial charge in [0.2, 0.25) is 0 Å². The number of nitrogens with one attached hydrogen (secondary N) is 1. The topological polar surface area (TPSA) is 15.3 Å². The molecule has 0 saturated carbocycles. The Morgan fingerprint density at radius 3 is 2.53 bits per heavy atom. The number of hydrogen-bond donors (Lipinski definition) is 1. The van der Waals surface area contributed by atoms with Gasteiger partial charge in [0.1, 0.15) is 0 Å². The standard InChI is InChI=1S/C15H32N2/c1-5-8-14(6-2)16-15-9-7-11-17(12-10-15)13(3)4/h13-16H,5-12H2,1-4H3. The van der Waals surface area contributed by atoms with E-state index in [1.54, 1.807) is 0 Å². The van der Waals surface area contributed by atoms with Gasteiger partial charge in [0.05, 0.1) is 0 Å². The van der Waals surface area contributed by atoms with Gasteiger partial charge in [-0.05, 0) is 59.0 Å². The Bertz CT molecular complexity index is 191. The molecule has 17 heavy (non-hydrogen) atoms. The Balaban J connectivity index is 2.35. The molecule has 0 radical (unpaired) electrons. The molecule has 0 aromatic carbocycles. The molecule has 1 fully saturated rings. The molecule has 1 heterocycles. The molecule has 2 atom stereocenters. The van der Waals surface area contributed by atoms with Crippen LogP contribution in [0.15, 0.2) is 0 Å². The van der Waals surface area contributed by atoms with Crippen LogP contribution in [0, 0.1) is 0 Å². The minimum absolute atomic E-state index is 0.714. The van der Waals surface area contributed by atoms with Crippen LogP contribution in [0.1, 0.15) is 66.2 Å². The molecule has 0 amide bonds. The summed E-state index contributed by atoms with van der Waals surface area (Å²) in [5.41, 5.74) is 0. The van der Waals surface area contributed by atoms with Crippen molar-refractivity contribution in [2.24, 2.45) is 0 Å². The molecule has 0 aromatic rings. The molecule has 0 spiro atoms. The van der Waals surface area contributed by atoms with E-state index in [1.165, 1.54) is 51.6 Å². The lowest BCUT2D eigenvalue weighted by Gasteiger charge is -2.26. The quantitative estimate of drug-likeness (QED) is 0.765. The molecule has 1 N–H and O–H groups in total. The third kappa shape index (κ3) is 5.39. The minimum Gasteiger partial charge on any atom is -0.311 e. The van der Waals surface area contributed by atoms with Crippen molar-refractivity contribution >= 4 is 0 Å². The molecule has 1 aliphatic heterocycles. The van der Waals surface area contributed by atoms with Gasteiger partial charge in [-0.15, -0.1) is 0 Å². The van der Waals surface area contributed by atoms with Crippen molar-refractivity contribution in [2.75, 3.05) is 13.1 Å². The van der Waals surface area contributed by atoms with E-state index >= 15 is 0 Å². The smallest absolute Gasteiger partial charge is 0.00823 e. The van der Waals surface area contributed by atoms with E-state index in [0.717, 1.165) is 12.1 Å². The van der Waals surface area contributed by atoms with E-state index < -0.39 is 0 Å². The van der Waals surface area contributed by atoms with Crippen LogP contribution in [0.5, 0.6) is 0 Å². The fourth-order valence-electron chi connectivity index (χ4n) is 2.89. The SMILES string of the molecule is CCCC(CC)NC1CCCN(C(C)C)CC1. The van der Waals surface area contributed by atoms with E-state index in [9.17, 15) is 0 Å². The van der Waals surface area contributed by atoms with Crippen molar-refractivity contribution in [3.63, 3.8) is 0 Å². The number of hydrogen-bond acceptors (Lipinski definition) is 2. The van der Waals surface area contributed by atoms with Crippen LogP contribution in [0.2, 0.25) is 0 Å². The zero-order chi connectivity index (χ0) is 12.7. The predicted octanol–water partition coefficient (Wildman–Crippen LogP) is 3.42. The average molecular weight is 240 g/mol. The summed E-state index contributed by atoms with van der Waals surface area (Å²) in [6, 6.07) is 2.22. The van der Waals surface area contributed by atoms with E-state index in [2.05, 4.69) is 37.9 Å². The highest BCUT2D eigenvalue weighted by molar-refractivity contribution is 4.79. The van der Waals surface area contributed by atoms with Crippen molar-refractivity contribution in [1.29, 1.82) is 0 Å². The van der Waals surface area contributed by atoms with E-state index in [0.29, 0.717) is 6.04 Å². The first-order chi connectivity index (χ1) is 8.17. The molecule has 1 saturated heterocycles. The summed E-state index contributed by atoms with van der Waals surface area (Å²) in [7, 11) is 0. The van der Waals surface area contributed by atoms with Crippen LogP contribution in [-0.2, 0) is 0 Å². The molecule has 102 valence electrons. The zero-order valence-corrected chi connectivity index (χ0v) is 12.3. The van der Waals surface area contributed by atoms with Gasteiger partial charge < -0.3 is 10.2 Å². The van der Waals surface area contributed by atoms with Crippen molar-refractivity contribution in [3.05, 3.63) is 0 Å². The molecular weight excluding hydrogens is 208 g/mol. The number of nitrogens with zero attached hydrogens (tertiary/aromatic N) is 1. The summed E-state index contributed by atoms with van der Waals surface area (Å²) in [5.74, 6) is 0. The number of likely N-dealkylation sites (tertiary alicyclic amines) is 1. The summed E-state index contributed by atoms with van der Waals surface area (Å²) >= 11 is 0. The van der Waals surface area contributed by atoms with Crippen molar-refractivity contribution in [1.82, 2.24) is 10.2 Å². The molecule has 0 aromatic heterocycles. The van der Waals surface area contributed by atoms with E-state index in [4.69, 9.17) is 0 Å². The van der Waals surface area contributed by atoms with Crippen LogP contribution in [0.25, 0.3) is 0 Å². The van der Waals surface area contributed by atoms with Crippen molar-refractivity contribution < 1.29 is 0 Å². The molecular formula is C15H32N2. The second kappa shape index (κ2) is 8.10. The van der Waals surface area contributed by atoms with Crippen LogP contribution < -0.4 is 5.32 Å². The maximum Gasteiger partial charge on any atom is 0.00823 e. The lowest BCUT2D eigenvalue weighted by Crippen LogP contribution is -2.39. The summed E-state index contributed by atoms with van der Waals surface area (Å²) in [6.07, 6.45) is 7.97. The Morgan fingerprint density at radius 1 is 1.18 bits per heavy atom. The maximum absolute atomic E-state index is 3.88. The second-order valence-corrected chi connectivity index (χ2v) is 5.82. The Hall–Kier alpha value is -0.0800. The largest absolute Gasteiger partial charge is 0.311 e. The van der Waals surface area contributed by atoms with Gasteiger partial charge in [-0.2, -0.15) is 0 Å². The normalized spacial score (nSPS) is 24.9. The third-order valence-electron chi connectivity index (χ3n) is 4.09. The van der Waals surface area contributed by atoms with Gasteiger partial charge in [0.25, 0.3) is 0 Å². The molecule has 1 rings (SSSR count). The maximum atomic E-state index is 3.88. The first kappa shape index (κ1) is 15.0. The van der Waals surface area contributed by atoms with Crippen LogP contribution >= 0.6 is 0 Å². The van der Waals surface area contributed by atoms with Gasteiger partial charge in [-0.1, -0.05) is 20.3 Å². The van der Waals surface area contributed by atoms with Gasteiger partial charge in [-0.3, -0.25) is 0 Å². The molecule has 0 aliphatic carbocycles. The fraction of sp³-hybridized carbons (Fsp3) is 1.00. The lowest BCUT2D eigenvalue weighted by molar-refractivity contribution is 0.228. The molecule has 1 aliphatic rings. The van der Waals surface area contributed by atoms with Crippen LogP contribution in [-0.4, -0.2) is 36.1 Å². The predicted molar refractivity (Wildman–Crippen MR) is 76.5 cm³/mol. The Kier molecular flexibility index (Phi) is 7.14. The van der Waals surface area contributed by atoms with Crippen LogP contribution in [0.3, 0.4) is 0 Å². The Labute approximate surface area is 108 Å². The Morgan fingerprint density at radius 2 is 1.94 bits per heavy atom. The van der Waals surface area contributed by atoms with E-state index in [1.807, 2.05) is 0 Å². The monoisotopic (exact) mass is 240 g/mol. The van der Waals surface area contributed by atoms with Gasteiger partial charge in [0.15, 0.2) is 0 Å². The van der Waals surface area contributed by atoms with Gasteiger partial charge in [-0.25, -0.2) is 0 Å². The highest BCUT2D eigenvalue weighted by atomic mass is 15.1.